The fourth-order valence-corrected chi connectivity index (χ4v) is 2.76. The third kappa shape index (κ3) is 4.74. The summed E-state index contributed by atoms with van der Waals surface area (Å²) >= 11 is 0. The standard InChI is InChI=1S/C19H22F3NO2/c1-12(11-14-5-3-4-6-16(14)25-2)17(23)18(24)13-7-9-15(10-8-13)19(20,21)22/h3-10,12,17-18,24H,11,23H2,1-2H3. The van der Waals surface area contributed by atoms with E-state index in [4.69, 9.17) is 10.5 Å². The van der Waals surface area contributed by atoms with E-state index < -0.39 is 23.9 Å². The van der Waals surface area contributed by atoms with Crippen molar-refractivity contribution < 1.29 is 23.0 Å². The summed E-state index contributed by atoms with van der Waals surface area (Å²) in [5.41, 5.74) is 6.73. The van der Waals surface area contributed by atoms with Crippen LogP contribution >= 0.6 is 0 Å². The highest BCUT2D eigenvalue weighted by atomic mass is 19.4. The lowest BCUT2D eigenvalue weighted by Crippen LogP contribution is -2.36. The number of alkyl halides is 3. The normalized spacial score (nSPS) is 15.5. The van der Waals surface area contributed by atoms with Crippen molar-refractivity contribution in [1.82, 2.24) is 0 Å². The molecule has 3 unspecified atom stereocenters. The Bertz CT molecular complexity index is 686. The summed E-state index contributed by atoms with van der Waals surface area (Å²) in [5, 5.41) is 10.4. The van der Waals surface area contributed by atoms with Crippen LogP contribution in [-0.4, -0.2) is 18.3 Å². The van der Waals surface area contributed by atoms with Crippen LogP contribution in [0.1, 0.15) is 29.7 Å². The molecule has 2 aromatic rings. The monoisotopic (exact) mass is 353 g/mol. The number of para-hydroxylation sites is 1. The van der Waals surface area contributed by atoms with Crippen LogP contribution in [-0.2, 0) is 12.6 Å². The van der Waals surface area contributed by atoms with Crippen molar-refractivity contribution in [2.75, 3.05) is 7.11 Å². The number of hydrogen-bond acceptors (Lipinski definition) is 3. The van der Waals surface area contributed by atoms with Crippen molar-refractivity contribution in [3.63, 3.8) is 0 Å². The number of rotatable bonds is 6. The minimum absolute atomic E-state index is 0.103. The van der Waals surface area contributed by atoms with Gasteiger partial charge in [0.25, 0.3) is 0 Å². The van der Waals surface area contributed by atoms with Crippen LogP contribution in [0.4, 0.5) is 13.2 Å². The molecule has 0 aliphatic heterocycles. The lowest BCUT2D eigenvalue weighted by molar-refractivity contribution is -0.137. The van der Waals surface area contributed by atoms with E-state index in [1.807, 2.05) is 31.2 Å². The van der Waals surface area contributed by atoms with Crippen molar-refractivity contribution in [2.24, 2.45) is 11.7 Å². The van der Waals surface area contributed by atoms with Gasteiger partial charge in [-0.2, -0.15) is 13.2 Å². The Morgan fingerprint density at radius 2 is 1.68 bits per heavy atom. The number of nitrogens with two attached hydrogens (primary N) is 1. The van der Waals surface area contributed by atoms with Crippen LogP contribution in [0.5, 0.6) is 5.75 Å². The first-order chi connectivity index (χ1) is 11.7. The van der Waals surface area contributed by atoms with E-state index in [9.17, 15) is 18.3 Å². The van der Waals surface area contributed by atoms with E-state index in [2.05, 4.69) is 0 Å². The number of hydrogen-bond donors (Lipinski definition) is 2. The molecule has 136 valence electrons. The van der Waals surface area contributed by atoms with Crippen LogP contribution in [0.2, 0.25) is 0 Å². The Kier molecular flexibility index (Phi) is 6.08. The molecular formula is C19H22F3NO2. The van der Waals surface area contributed by atoms with Crippen molar-refractivity contribution in [1.29, 1.82) is 0 Å². The van der Waals surface area contributed by atoms with Gasteiger partial charge in [-0.3, -0.25) is 0 Å². The summed E-state index contributed by atoms with van der Waals surface area (Å²) in [6.07, 6.45) is -4.86. The average Bonchev–Trinajstić information content (AvgIpc) is 2.60. The van der Waals surface area contributed by atoms with Gasteiger partial charge in [0.15, 0.2) is 0 Å². The highest BCUT2D eigenvalue weighted by Crippen LogP contribution is 2.31. The van der Waals surface area contributed by atoms with E-state index in [0.717, 1.165) is 23.4 Å². The smallest absolute Gasteiger partial charge is 0.416 e. The fraction of sp³-hybridized carbons (Fsp3) is 0.368. The molecule has 2 aromatic carbocycles. The van der Waals surface area contributed by atoms with Gasteiger partial charge in [0.1, 0.15) is 5.75 Å². The Hall–Kier alpha value is -2.05. The molecule has 3 N–H and O–H groups in total. The van der Waals surface area contributed by atoms with Crippen molar-refractivity contribution in [3.8, 4) is 5.75 Å². The SMILES string of the molecule is COc1ccccc1CC(C)C(N)C(O)c1ccc(C(F)(F)F)cc1. The molecule has 3 nitrogen and oxygen atoms in total. The highest BCUT2D eigenvalue weighted by Gasteiger charge is 2.31. The predicted octanol–water partition coefficient (Wildman–Crippen LogP) is 3.95. The second-order valence-electron chi connectivity index (χ2n) is 6.14. The zero-order chi connectivity index (χ0) is 18.6. The molecule has 2 rings (SSSR count). The molecule has 0 aromatic heterocycles. The lowest BCUT2D eigenvalue weighted by Gasteiger charge is -2.26. The van der Waals surface area contributed by atoms with E-state index >= 15 is 0 Å². The summed E-state index contributed by atoms with van der Waals surface area (Å²) in [6.45, 7) is 1.89. The summed E-state index contributed by atoms with van der Waals surface area (Å²) in [6, 6.07) is 11.3. The van der Waals surface area contributed by atoms with E-state index in [0.29, 0.717) is 12.0 Å². The number of benzene rings is 2. The maximum absolute atomic E-state index is 12.6. The molecule has 0 saturated heterocycles. The minimum Gasteiger partial charge on any atom is -0.496 e. The molecule has 0 spiro atoms. The van der Waals surface area contributed by atoms with Gasteiger partial charge >= 0.3 is 6.18 Å². The molecule has 0 aliphatic rings. The zero-order valence-corrected chi connectivity index (χ0v) is 14.1. The molecule has 0 fully saturated rings. The number of ether oxygens (including phenoxy) is 1. The molecule has 6 heteroatoms. The van der Waals surface area contributed by atoms with Crippen molar-refractivity contribution in [2.45, 2.75) is 31.7 Å². The van der Waals surface area contributed by atoms with Crippen molar-refractivity contribution in [3.05, 3.63) is 65.2 Å². The van der Waals surface area contributed by atoms with Gasteiger partial charge in [-0.1, -0.05) is 37.3 Å². The van der Waals surface area contributed by atoms with Gasteiger partial charge in [-0.05, 0) is 41.7 Å². The van der Waals surface area contributed by atoms with E-state index in [1.54, 1.807) is 7.11 Å². The van der Waals surface area contributed by atoms with Crippen LogP contribution in [0, 0.1) is 5.92 Å². The van der Waals surface area contributed by atoms with Crippen LogP contribution in [0.3, 0.4) is 0 Å². The van der Waals surface area contributed by atoms with Crippen LogP contribution in [0.15, 0.2) is 48.5 Å². The summed E-state index contributed by atoms with van der Waals surface area (Å²) in [4.78, 5) is 0. The van der Waals surface area contributed by atoms with Crippen molar-refractivity contribution >= 4 is 0 Å². The Balaban J connectivity index is 2.09. The van der Waals surface area contributed by atoms with Gasteiger partial charge in [0.05, 0.1) is 18.8 Å². The largest absolute Gasteiger partial charge is 0.496 e. The van der Waals surface area contributed by atoms with Crippen LogP contribution in [0.25, 0.3) is 0 Å². The summed E-state index contributed by atoms with van der Waals surface area (Å²) < 4.78 is 43.2. The molecule has 0 bridgehead atoms. The van der Waals surface area contributed by atoms with Gasteiger partial charge in [0.2, 0.25) is 0 Å². The molecule has 0 heterocycles. The summed E-state index contributed by atoms with van der Waals surface area (Å²) in [7, 11) is 1.58. The first kappa shape index (κ1) is 19.3. The third-order valence-corrected chi connectivity index (χ3v) is 4.34. The number of methoxy groups -OCH3 is 1. The highest BCUT2D eigenvalue weighted by molar-refractivity contribution is 5.34. The molecule has 25 heavy (non-hydrogen) atoms. The van der Waals surface area contributed by atoms with Gasteiger partial charge in [-0.15, -0.1) is 0 Å². The van der Waals surface area contributed by atoms with Gasteiger partial charge in [0, 0.05) is 6.04 Å². The third-order valence-electron chi connectivity index (χ3n) is 4.34. The molecule has 0 radical (unpaired) electrons. The number of aliphatic hydroxyl groups excluding tert-OH is 1. The number of aliphatic hydroxyl groups is 1. The molecule has 0 amide bonds. The second-order valence-corrected chi connectivity index (χ2v) is 6.14. The Morgan fingerprint density at radius 1 is 1.08 bits per heavy atom. The molecule has 0 aliphatic carbocycles. The number of halogens is 3. The molecule has 3 atom stereocenters. The zero-order valence-electron chi connectivity index (χ0n) is 14.1. The van der Waals surface area contributed by atoms with Crippen LogP contribution < -0.4 is 10.5 Å². The van der Waals surface area contributed by atoms with E-state index in [-0.39, 0.29) is 5.92 Å². The molecule has 0 saturated carbocycles. The van der Waals surface area contributed by atoms with E-state index in [1.165, 1.54) is 12.1 Å². The fourth-order valence-electron chi connectivity index (χ4n) is 2.76. The van der Waals surface area contributed by atoms with Gasteiger partial charge < -0.3 is 15.6 Å². The minimum atomic E-state index is -4.40. The Labute approximate surface area is 145 Å². The second kappa shape index (κ2) is 7.89. The topological polar surface area (TPSA) is 55.5 Å². The quantitative estimate of drug-likeness (QED) is 0.827. The summed E-state index contributed by atoms with van der Waals surface area (Å²) in [5.74, 6) is 0.638. The average molecular weight is 353 g/mol. The Morgan fingerprint density at radius 3 is 2.24 bits per heavy atom. The first-order valence-electron chi connectivity index (χ1n) is 7.96. The maximum atomic E-state index is 12.6. The lowest BCUT2D eigenvalue weighted by atomic mass is 9.88. The van der Waals surface area contributed by atoms with Gasteiger partial charge in [-0.25, -0.2) is 0 Å². The maximum Gasteiger partial charge on any atom is 0.416 e. The molecular weight excluding hydrogens is 331 g/mol. The predicted molar refractivity (Wildman–Crippen MR) is 90.2 cm³/mol. The first-order valence-corrected chi connectivity index (χ1v) is 7.96.